The molecule has 0 aromatic heterocycles. The minimum atomic E-state index is 0.291. The van der Waals surface area contributed by atoms with Crippen LogP contribution in [0.2, 0.25) is 0 Å². The molecule has 1 rings (SSSR count). The van der Waals surface area contributed by atoms with Gasteiger partial charge in [0.2, 0.25) is 0 Å². The molecule has 0 saturated carbocycles. The first-order valence-corrected chi connectivity index (χ1v) is 7.01. The van der Waals surface area contributed by atoms with E-state index < -0.39 is 0 Å². The number of hydrogen-bond acceptors (Lipinski definition) is 0. The van der Waals surface area contributed by atoms with Crippen LogP contribution < -0.4 is 0 Å². The quantitative estimate of drug-likeness (QED) is 0.349. The smallest absolute Gasteiger partial charge is 0.0464 e. The Bertz CT molecular complexity index is 484. The van der Waals surface area contributed by atoms with E-state index in [2.05, 4.69) is 58.3 Å². The molecule has 0 aliphatic heterocycles. The van der Waals surface area contributed by atoms with Crippen molar-refractivity contribution in [3.8, 4) is 11.8 Å². The molecule has 0 amide bonds. The third-order valence-electron chi connectivity index (χ3n) is 3.63. The second-order valence-corrected chi connectivity index (χ2v) is 6.23. The highest BCUT2D eigenvalue weighted by molar-refractivity contribution is 5.35. The molecule has 0 heteroatoms. The van der Waals surface area contributed by atoms with Crippen molar-refractivity contribution in [3.05, 3.63) is 47.6 Å². The number of hydrogen-bond donors (Lipinski definition) is 0. The van der Waals surface area contributed by atoms with Crippen molar-refractivity contribution >= 4 is 0 Å². The topological polar surface area (TPSA) is 0 Å². The fourth-order valence-electron chi connectivity index (χ4n) is 2.44. The van der Waals surface area contributed by atoms with Gasteiger partial charge in [-0.1, -0.05) is 67.7 Å². The molecule has 0 radical (unpaired) electrons. The van der Waals surface area contributed by atoms with Gasteiger partial charge in [0.05, 0.1) is 0 Å². The average Bonchev–Trinajstić information content (AvgIpc) is 2.26. The maximum atomic E-state index is 3.84. The highest BCUT2D eigenvalue weighted by atomic mass is 14.3. The molecule has 102 valence electrons. The molecule has 1 aliphatic rings. The highest BCUT2D eigenvalue weighted by Gasteiger charge is 2.31. The molecule has 0 aromatic rings. The second kappa shape index (κ2) is 6.62. The molecule has 0 N–H and O–H groups in total. The minimum absolute atomic E-state index is 0.291. The van der Waals surface area contributed by atoms with E-state index in [-0.39, 0.29) is 0 Å². The predicted octanol–water partition coefficient (Wildman–Crippen LogP) is 5.45. The van der Waals surface area contributed by atoms with Gasteiger partial charge in [-0.3, -0.25) is 0 Å². The molecule has 0 aromatic carbocycles. The Morgan fingerprint density at radius 1 is 1.42 bits per heavy atom. The van der Waals surface area contributed by atoms with Crippen molar-refractivity contribution in [2.75, 3.05) is 0 Å². The van der Waals surface area contributed by atoms with Gasteiger partial charge in [-0.25, -0.2) is 0 Å². The zero-order valence-electron chi connectivity index (χ0n) is 13.0. The van der Waals surface area contributed by atoms with Gasteiger partial charge >= 0.3 is 0 Å². The van der Waals surface area contributed by atoms with Crippen LogP contribution in [0.15, 0.2) is 47.6 Å². The molecule has 0 heterocycles. The first kappa shape index (κ1) is 15.6. The highest BCUT2D eigenvalue weighted by Crippen LogP contribution is 2.40. The van der Waals surface area contributed by atoms with Gasteiger partial charge in [0, 0.05) is 5.92 Å². The lowest BCUT2D eigenvalue weighted by molar-refractivity contribution is 0.263. The van der Waals surface area contributed by atoms with Crippen LogP contribution in [0.1, 0.15) is 47.5 Å². The maximum absolute atomic E-state index is 3.84. The van der Waals surface area contributed by atoms with E-state index in [1.165, 1.54) is 18.4 Å². The lowest BCUT2D eigenvalue weighted by Gasteiger charge is -2.35. The summed E-state index contributed by atoms with van der Waals surface area (Å²) in [6, 6.07) is 0. The molecule has 1 atom stereocenters. The van der Waals surface area contributed by atoms with Crippen LogP contribution in [0.5, 0.6) is 0 Å². The van der Waals surface area contributed by atoms with Crippen LogP contribution in [-0.4, -0.2) is 0 Å². The predicted molar refractivity (Wildman–Crippen MR) is 85.7 cm³/mol. The Morgan fingerprint density at radius 3 is 2.68 bits per heavy atom. The van der Waals surface area contributed by atoms with Crippen LogP contribution in [-0.2, 0) is 0 Å². The van der Waals surface area contributed by atoms with Crippen LogP contribution >= 0.6 is 0 Å². The first-order chi connectivity index (χ1) is 8.83. The normalized spacial score (nSPS) is 22.7. The maximum Gasteiger partial charge on any atom is 0.0464 e. The van der Waals surface area contributed by atoms with Crippen LogP contribution in [0, 0.1) is 23.2 Å². The van der Waals surface area contributed by atoms with E-state index in [9.17, 15) is 0 Å². The van der Waals surface area contributed by atoms with Gasteiger partial charge in [-0.15, -0.1) is 0 Å². The largest absolute Gasteiger partial charge is 0.0961 e. The Kier molecular flexibility index (Phi) is 5.43. The Morgan fingerprint density at radius 2 is 2.11 bits per heavy atom. The summed E-state index contributed by atoms with van der Waals surface area (Å²) in [5, 5.41) is 0. The van der Waals surface area contributed by atoms with Gasteiger partial charge in [-0.05, 0) is 44.6 Å². The van der Waals surface area contributed by atoms with Crippen LogP contribution in [0.3, 0.4) is 0 Å². The molecule has 0 bridgehead atoms. The zero-order chi connectivity index (χ0) is 14.5. The monoisotopic (exact) mass is 254 g/mol. The van der Waals surface area contributed by atoms with Crippen molar-refractivity contribution in [1.82, 2.24) is 0 Å². The molecular weight excluding hydrogens is 228 g/mol. The van der Waals surface area contributed by atoms with Crippen molar-refractivity contribution in [3.63, 3.8) is 0 Å². The van der Waals surface area contributed by atoms with E-state index in [4.69, 9.17) is 0 Å². The molecule has 0 nitrogen and oxygen atoms in total. The summed E-state index contributed by atoms with van der Waals surface area (Å²) < 4.78 is 0. The second-order valence-electron chi connectivity index (χ2n) is 6.23. The van der Waals surface area contributed by atoms with E-state index in [1.807, 2.05) is 19.1 Å². The molecule has 0 saturated heterocycles. The fourth-order valence-corrected chi connectivity index (χ4v) is 2.44. The molecule has 1 unspecified atom stereocenters. The van der Waals surface area contributed by atoms with Gasteiger partial charge in [-0.2, -0.15) is 0 Å². The van der Waals surface area contributed by atoms with Crippen molar-refractivity contribution in [1.29, 1.82) is 0 Å². The third kappa shape index (κ3) is 4.95. The summed E-state index contributed by atoms with van der Waals surface area (Å²) in [5.74, 6) is 7.14. The minimum Gasteiger partial charge on any atom is -0.0961 e. The molecule has 0 fully saturated rings. The van der Waals surface area contributed by atoms with E-state index in [0.29, 0.717) is 11.3 Å². The van der Waals surface area contributed by atoms with Gasteiger partial charge < -0.3 is 0 Å². The van der Waals surface area contributed by atoms with E-state index >= 15 is 0 Å². The molecule has 0 spiro atoms. The van der Waals surface area contributed by atoms with Gasteiger partial charge in [0.15, 0.2) is 0 Å². The van der Waals surface area contributed by atoms with Crippen molar-refractivity contribution in [2.24, 2.45) is 11.3 Å². The molecule has 19 heavy (non-hydrogen) atoms. The first-order valence-electron chi connectivity index (χ1n) is 7.01. The number of allylic oxidation sites excluding steroid dienone is 7. The number of rotatable bonds is 2. The fraction of sp³-hybridized carbons (Fsp3) is 0.474. The summed E-state index contributed by atoms with van der Waals surface area (Å²) in [5.41, 5.74) is 3.88. The van der Waals surface area contributed by atoms with Crippen molar-refractivity contribution in [2.45, 2.75) is 47.5 Å². The summed E-state index contributed by atoms with van der Waals surface area (Å²) >= 11 is 0. The Hall–Kier alpha value is -1.48. The Balaban J connectivity index is 2.84. The average molecular weight is 254 g/mol. The van der Waals surface area contributed by atoms with Crippen molar-refractivity contribution < 1.29 is 0 Å². The lowest BCUT2D eigenvalue weighted by atomic mass is 9.69. The van der Waals surface area contributed by atoms with Crippen LogP contribution in [0.4, 0.5) is 0 Å². The Labute approximate surface area is 119 Å². The summed E-state index contributed by atoms with van der Waals surface area (Å²) in [6.07, 6.45) is 10.8. The SMILES string of the molecule is C=C(C)C=CC=C(C)C#CC1C(C)=CCCC1(C)C. The van der Waals surface area contributed by atoms with E-state index in [0.717, 1.165) is 11.1 Å². The summed E-state index contributed by atoms with van der Waals surface area (Å²) in [4.78, 5) is 0. The molecule has 1 aliphatic carbocycles. The van der Waals surface area contributed by atoms with Gasteiger partial charge in [0.25, 0.3) is 0 Å². The zero-order valence-corrected chi connectivity index (χ0v) is 13.0. The lowest BCUT2D eigenvalue weighted by Crippen LogP contribution is -2.26. The third-order valence-corrected chi connectivity index (χ3v) is 3.63. The van der Waals surface area contributed by atoms with Gasteiger partial charge in [0.1, 0.15) is 0 Å². The molecular formula is C19H26. The standard InChI is InChI=1S/C19H26/c1-15(2)9-7-10-16(3)12-13-18-17(4)11-8-14-19(18,5)6/h7,9-11,18H,1,8,14H2,2-6H3. The van der Waals surface area contributed by atoms with E-state index in [1.54, 1.807) is 0 Å². The summed E-state index contributed by atoms with van der Waals surface area (Å²) in [6.45, 7) is 14.7. The summed E-state index contributed by atoms with van der Waals surface area (Å²) in [7, 11) is 0. The van der Waals surface area contributed by atoms with Crippen LogP contribution in [0.25, 0.3) is 0 Å².